The van der Waals surface area contributed by atoms with E-state index in [1.165, 1.54) is 11.1 Å². The molecule has 0 unspecified atom stereocenters. The van der Waals surface area contributed by atoms with E-state index in [-0.39, 0.29) is 6.04 Å². The highest BCUT2D eigenvalue weighted by Gasteiger charge is 2.14. The topological polar surface area (TPSA) is 36.5 Å². The van der Waals surface area contributed by atoms with E-state index in [0.717, 1.165) is 24.4 Å². The predicted molar refractivity (Wildman–Crippen MR) is 109 cm³/mol. The number of hydrogen-bond donors (Lipinski definition) is 2. The predicted octanol–water partition coefficient (Wildman–Crippen LogP) is 3.85. The second-order valence-electron chi connectivity index (χ2n) is 6.14. The maximum Gasteiger partial charge on any atom is 0.170 e. The molecule has 25 heavy (non-hydrogen) atoms. The van der Waals surface area contributed by atoms with E-state index in [2.05, 4.69) is 60.8 Å². The minimum Gasteiger partial charge on any atom is -0.497 e. The number of anilines is 1. The van der Waals surface area contributed by atoms with Crippen molar-refractivity contribution in [3.05, 3.63) is 59.7 Å². The number of rotatable bonds is 7. The van der Waals surface area contributed by atoms with Gasteiger partial charge in [0, 0.05) is 12.2 Å². The van der Waals surface area contributed by atoms with E-state index in [1.807, 2.05) is 24.3 Å². The molecule has 0 heterocycles. The molecule has 0 bridgehead atoms. The summed E-state index contributed by atoms with van der Waals surface area (Å²) in [6.45, 7) is 2.91. The Morgan fingerprint density at radius 2 is 1.72 bits per heavy atom. The van der Waals surface area contributed by atoms with Crippen molar-refractivity contribution < 1.29 is 4.74 Å². The molecule has 0 amide bonds. The lowest BCUT2D eigenvalue weighted by Gasteiger charge is -2.26. The number of nitrogens with one attached hydrogen (secondary N) is 2. The second-order valence-corrected chi connectivity index (χ2v) is 6.55. The van der Waals surface area contributed by atoms with Crippen molar-refractivity contribution in [1.82, 2.24) is 10.2 Å². The first-order chi connectivity index (χ1) is 12.0. The Hall–Kier alpha value is -2.11. The Morgan fingerprint density at radius 3 is 2.24 bits per heavy atom. The molecular formula is C20H27N3OS. The van der Waals surface area contributed by atoms with Crippen molar-refractivity contribution in [2.45, 2.75) is 19.4 Å². The molecule has 4 nitrogen and oxygen atoms in total. The minimum atomic E-state index is 0.251. The number of likely N-dealkylation sites (N-methyl/N-ethyl adjacent to an activating group) is 1. The van der Waals surface area contributed by atoms with E-state index < -0.39 is 0 Å². The number of ether oxygens (including phenoxy) is 1. The molecule has 2 N–H and O–H groups in total. The fourth-order valence-corrected chi connectivity index (χ4v) is 2.81. The Morgan fingerprint density at radius 1 is 1.08 bits per heavy atom. The van der Waals surface area contributed by atoms with E-state index >= 15 is 0 Å². The van der Waals surface area contributed by atoms with Crippen molar-refractivity contribution in [1.29, 1.82) is 0 Å². The summed E-state index contributed by atoms with van der Waals surface area (Å²) in [6.07, 6.45) is 1.06. The van der Waals surface area contributed by atoms with Gasteiger partial charge in [0.05, 0.1) is 13.2 Å². The molecular weight excluding hydrogens is 330 g/mol. The summed E-state index contributed by atoms with van der Waals surface area (Å²) in [5.41, 5.74) is 3.57. The molecule has 0 aliphatic rings. The molecule has 134 valence electrons. The average molecular weight is 358 g/mol. The monoisotopic (exact) mass is 357 g/mol. The number of benzene rings is 2. The Kier molecular flexibility index (Phi) is 7.22. The van der Waals surface area contributed by atoms with Gasteiger partial charge in [-0.05, 0) is 68.1 Å². The quantitative estimate of drug-likeness (QED) is 0.736. The molecule has 0 fully saturated rings. The zero-order valence-electron chi connectivity index (χ0n) is 15.4. The molecule has 2 aromatic carbocycles. The number of thiocarbonyl (C=S) groups is 1. The van der Waals surface area contributed by atoms with Crippen LogP contribution in [0.2, 0.25) is 0 Å². The highest BCUT2D eigenvalue weighted by atomic mass is 32.1. The minimum absolute atomic E-state index is 0.251. The summed E-state index contributed by atoms with van der Waals surface area (Å²) in [5, 5.41) is 7.13. The lowest BCUT2D eigenvalue weighted by Crippen LogP contribution is -2.36. The van der Waals surface area contributed by atoms with Gasteiger partial charge in [-0.3, -0.25) is 0 Å². The van der Waals surface area contributed by atoms with Crippen LogP contribution in [-0.4, -0.2) is 37.8 Å². The van der Waals surface area contributed by atoms with Crippen LogP contribution in [-0.2, 0) is 6.42 Å². The standard InChI is InChI=1S/C20H27N3OS/c1-5-15-6-8-16(9-7-15)19(23(2)3)14-21-20(25)22-17-10-12-18(24-4)13-11-17/h6-13,19H,5,14H2,1-4H3,(H2,21,22,25)/t19-/m1/s1. The molecule has 2 rings (SSSR count). The molecule has 2 aromatic rings. The van der Waals surface area contributed by atoms with Gasteiger partial charge in [-0.1, -0.05) is 31.2 Å². The van der Waals surface area contributed by atoms with Crippen LogP contribution in [0.15, 0.2) is 48.5 Å². The largest absolute Gasteiger partial charge is 0.497 e. The van der Waals surface area contributed by atoms with Gasteiger partial charge in [0.15, 0.2) is 5.11 Å². The molecule has 0 saturated heterocycles. The van der Waals surface area contributed by atoms with Gasteiger partial charge in [0.1, 0.15) is 5.75 Å². The van der Waals surface area contributed by atoms with E-state index in [1.54, 1.807) is 7.11 Å². The summed E-state index contributed by atoms with van der Waals surface area (Å²) in [5.74, 6) is 0.827. The summed E-state index contributed by atoms with van der Waals surface area (Å²) >= 11 is 5.42. The van der Waals surface area contributed by atoms with Gasteiger partial charge in [0.25, 0.3) is 0 Å². The number of aryl methyl sites for hydroxylation is 1. The normalized spacial score (nSPS) is 11.9. The highest BCUT2D eigenvalue weighted by molar-refractivity contribution is 7.80. The first kappa shape index (κ1) is 19.2. The molecule has 5 heteroatoms. The van der Waals surface area contributed by atoms with Gasteiger partial charge in [0.2, 0.25) is 0 Å². The molecule has 0 spiro atoms. The Balaban J connectivity index is 1.93. The molecule has 0 aliphatic carbocycles. The van der Waals surface area contributed by atoms with Crippen LogP contribution in [0.1, 0.15) is 24.1 Å². The van der Waals surface area contributed by atoms with Crippen molar-refractivity contribution >= 4 is 23.0 Å². The van der Waals surface area contributed by atoms with Gasteiger partial charge >= 0.3 is 0 Å². The third-order valence-corrected chi connectivity index (χ3v) is 4.45. The fourth-order valence-electron chi connectivity index (χ4n) is 2.61. The molecule has 0 radical (unpaired) electrons. The smallest absolute Gasteiger partial charge is 0.170 e. The summed E-state index contributed by atoms with van der Waals surface area (Å²) in [4.78, 5) is 2.20. The van der Waals surface area contributed by atoms with Crippen molar-refractivity contribution in [3.8, 4) is 5.75 Å². The fraction of sp³-hybridized carbons (Fsp3) is 0.350. The van der Waals surface area contributed by atoms with Crippen LogP contribution in [0, 0.1) is 0 Å². The van der Waals surface area contributed by atoms with Crippen molar-refractivity contribution in [2.24, 2.45) is 0 Å². The van der Waals surface area contributed by atoms with Crippen molar-refractivity contribution in [2.75, 3.05) is 33.1 Å². The van der Waals surface area contributed by atoms with Crippen LogP contribution >= 0.6 is 12.2 Å². The number of nitrogens with zero attached hydrogens (tertiary/aromatic N) is 1. The average Bonchev–Trinajstić information content (AvgIpc) is 2.62. The first-order valence-electron chi connectivity index (χ1n) is 8.47. The van der Waals surface area contributed by atoms with Gasteiger partial charge in [-0.25, -0.2) is 0 Å². The molecule has 0 aromatic heterocycles. The zero-order valence-corrected chi connectivity index (χ0v) is 16.2. The second kappa shape index (κ2) is 9.39. The highest BCUT2D eigenvalue weighted by Crippen LogP contribution is 2.19. The lowest BCUT2D eigenvalue weighted by atomic mass is 10.0. The summed E-state index contributed by atoms with van der Waals surface area (Å²) < 4.78 is 5.16. The van der Waals surface area contributed by atoms with E-state index in [9.17, 15) is 0 Å². The van der Waals surface area contributed by atoms with E-state index in [4.69, 9.17) is 17.0 Å². The molecule has 1 atom stereocenters. The molecule has 0 aliphatic heterocycles. The Bertz CT molecular complexity index is 668. The SMILES string of the molecule is CCc1ccc([C@@H](CNC(=S)Nc2ccc(OC)cc2)N(C)C)cc1. The van der Waals surface area contributed by atoms with Crippen LogP contribution in [0.4, 0.5) is 5.69 Å². The van der Waals surface area contributed by atoms with Crippen LogP contribution < -0.4 is 15.4 Å². The number of hydrogen-bond acceptors (Lipinski definition) is 3. The maximum absolute atomic E-state index is 5.42. The van der Waals surface area contributed by atoms with Gasteiger partial charge in [-0.15, -0.1) is 0 Å². The first-order valence-corrected chi connectivity index (χ1v) is 8.88. The van der Waals surface area contributed by atoms with Crippen LogP contribution in [0.25, 0.3) is 0 Å². The van der Waals surface area contributed by atoms with Crippen molar-refractivity contribution in [3.63, 3.8) is 0 Å². The summed E-state index contributed by atoms with van der Waals surface area (Å²) in [6, 6.07) is 16.7. The lowest BCUT2D eigenvalue weighted by molar-refractivity contribution is 0.299. The van der Waals surface area contributed by atoms with E-state index in [0.29, 0.717) is 5.11 Å². The maximum atomic E-state index is 5.42. The zero-order chi connectivity index (χ0) is 18.2. The van der Waals surface area contributed by atoms with Gasteiger partial charge in [-0.2, -0.15) is 0 Å². The molecule has 0 saturated carbocycles. The summed E-state index contributed by atoms with van der Waals surface area (Å²) in [7, 11) is 5.82. The van der Waals surface area contributed by atoms with Gasteiger partial charge < -0.3 is 20.3 Å². The van der Waals surface area contributed by atoms with Crippen LogP contribution in [0.3, 0.4) is 0 Å². The number of methoxy groups -OCH3 is 1. The third-order valence-electron chi connectivity index (χ3n) is 4.20. The van der Waals surface area contributed by atoms with Crippen LogP contribution in [0.5, 0.6) is 5.75 Å². The third kappa shape index (κ3) is 5.73. The Labute approximate surface area is 156 Å².